The minimum Gasteiger partial charge on any atom is -0.385 e. The van der Waals surface area contributed by atoms with E-state index in [9.17, 15) is 4.79 Å². The number of methoxy groups -OCH3 is 1. The smallest absolute Gasteiger partial charge is 0.278 e. The van der Waals surface area contributed by atoms with Gasteiger partial charge in [0.05, 0.1) is 0 Å². The third-order valence-corrected chi connectivity index (χ3v) is 2.19. The number of aryl methyl sites for hydroxylation is 1. The molecule has 0 saturated heterocycles. The summed E-state index contributed by atoms with van der Waals surface area (Å²) in [5, 5.41) is 0. The minimum absolute atomic E-state index is 0.0763. The van der Waals surface area contributed by atoms with E-state index in [4.69, 9.17) is 10.5 Å². The standard InChI is InChI=1S/C9H13N5O2/c1-16-4-2-3-5-11-6-7(12-5)13-9(10)14-8(6)15/h2-4H2,1H3,(H4,10,11,12,13,14,15). The molecule has 2 heterocycles. The maximum absolute atomic E-state index is 11.5. The van der Waals surface area contributed by atoms with Gasteiger partial charge in [-0.15, -0.1) is 0 Å². The van der Waals surface area contributed by atoms with Gasteiger partial charge in [-0.2, -0.15) is 4.98 Å². The van der Waals surface area contributed by atoms with E-state index in [0.717, 1.165) is 12.2 Å². The third kappa shape index (κ3) is 2.03. The Labute approximate surface area is 91.1 Å². The van der Waals surface area contributed by atoms with Gasteiger partial charge in [0.2, 0.25) is 5.95 Å². The zero-order chi connectivity index (χ0) is 11.5. The normalized spacial score (nSPS) is 11.1. The van der Waals surface area contributed by atoms with Crippen molar-refractivity contribution in [2.45, 2.75) is 12.8 Å². The number of rotatable bonds is 4. The average Bonchev–Trinajstić information content (AvgIpc) is 2.61. The number of aromatic amines is 2. The summed E-state index contributed by atoms with van der Waals surface area (Å²) in [6.07, 6.45) is 1.55. The van der Waals surface area contributed by atoms with Gasteiger partial charge < -0.3 is 15.5 Å². The topological polar surface area (TPSA) is 110 Å². The average molecular weight is 223 g/mol. The summed E-state index contributed by atoms with van der Waals surface area (Å²) in [7, 11) is 1.64. The summed E-state index contributed by atoms with van der Waals surface area (Å²) < 4.78 is 4.94. The molecule has 0 aliphatic heterocycles. The van der Waals surface area contributed by atoms with E-state index in [1.807, 2.05) is 0 Å². The van der Waals surface area contributed by atoms with Crippen LogP contribution in [0.25, 0.3) is 11.2 Å². The highest BCUT2D eigenvalue weighted by atomic mass is 16.5. The lowest BCUT2D eigenvalue weighted by molar-refractivity contribution is 0.194. The molecule has 7 nitrogen and oxygen atoms in total. The first kappa shape index (κ1) is 10.6. The van der Waals surface area contributed by atoms with Gasteiger partial charge in [0.1, 0.15) is 5.82 Å². The van der Waals surface area contributed by atoms with Gasteiger partial charge in [-0.25, -0.2) is 4.98 Å². The molecule has 0 spiro atoms. The molecule has 0 atom stereocenters. The molecule has 0 saturated carbocycles. The number of nitrogens with one attached hydrogen (secondary N) is 2. The predicted octanol–water partition coefficient (Wildman–Crippen LogP) is -0.193. The summed E-state index contributed by atoms with van der Waals surface area (Å²) in [5.74, 6) is 0.795. The summed E-state index contributed by atoms with van der Waals surface area (Å²) in [6, 6.07) is 0. The van der Waals surface area contributed by atoms with Crippen LogP contribution in [0.5, 0.6) is 0 Å². The van der Waals surface area contributed by atoms with Crippen LogP contribution in [-0.4, -0.2) is 33.7 Å². The summed E-state index contributed by atoms with van der Waals surface area (Å²) in [6.45, 7) is 0.656. The lowest BCUT2D eigenvalue weighted by Gasteiger charge is -1.94. The number of nitrogens with two attached hydrogens (primary N) is 1. The Morgan fingerprint density at radius 3 is 2.94 bits per heavy atom. The van der Waals surface area contributed by atoms with Crippen LogP contribution in [0, 0.1) is 0 Å². The molecule has 0 radical (unpaired) electrons. The predicted molar refractivity (Wildman–Crippen MR) is 59.1 cm³/mol. The molecule has 2 aromatic rings. The number of aromatic nitrogens is 4. The van der Waals surface area contributed by atoms with Crippen molar-refractivity contribution in [3.8, 4) is 0 Å². The largest absolute Gasteiger partial charge is 0.385 e. The van der Waals surface area contributed by atoms with Crippen molar-refractivity contribution in [1.82, 2.24) is 19.9 Å². The minimum atomic E-state index is -0.298. The van der Waals surface area contributed by atoms with Crippen molar-refractivity contribution in [3.63, 3.8) is 0 Å². The monoisotopic (exact) mass is 223 g/mol. The van der Waals surface area contributed by atoms with Gasteiger partial charge in [0.15, 0.2) is 11.2 Å². The number of hydrogen-bond donors (Lipinski definition) is 3. The van der Waals surface area contributed by atoms with Crippen molar-refractivity contribution in [2.24, 2.45) is 0 Å². The molecule has 0 fully saturated rings. The van der Waals surface area contributed by atoms with Crippen LogP contribution in [-0.2, 0) is 11.2 Å². The van der Waals surface area contributed by atoms with Gasteiger partial charge in [0, 0.05) is 20.1 Å². The van der Waals surface area contributed by atoms with Crippen LogP contribution in [0.1, 0.15) is 12.2 Å². The Kier molecular flexibility index (Phi) is 2.86. The Bertz CT molecular complexity index is 544. The van der Waals surface area contributed by atoms with E-state index in [0.29, 0.717) is 24.2 Å². The lowest BCUT2D eigenvalue weighted by atomic mass is 10.3. The van der Waals surface area contributed by atoms with Gasteiger partial charge in [-0.05, 0) is 6.42 Å². The van der Waals surface area contributed by atoms with E-state index in [2.05, 4.69) is 19.9 Å². The maximum Gasteiger partial charge on any atom is 0.278 e. The molecule has 0 unspecified atom stereocenters. The molecule has 0 bridgehead atoms. The van der Waals surface area contributed by atoms with Gasteiger partial charge in [-0.1, -0.05) is 0 Å². The molecular weight excluding hydrogens is 210 g/mol. The lowest BCUT2D eigenvalue weighted by Crippen LogP contribution is -2.10. The number of nitrogens with zero attached hydrogens (tertiary/aromatic N) is 2. The molecule has 0 aliphatic rings. The second-order valence-electron chi connectivity index (χ2n) is 3.43. The highest BCUT2D eigenvalue weighted by Gasteiger charge is 2.08. The molecule has 0 amide bonds. The van der Waals surface area contributed by atoms with Crippen LogP contribution < -0.4 is 11.3 Å². The molecule has 7 heteroatoms. The Hall–Kier alpha value is -1.89. The second kappa shape index (κ2) is 4.31. The maximum atomic E-state index is 11.5. The number of H-pyrrole nitrogens is 2. The van der Waals surface area contributed by atoms with Crippen molar-refractivity contribution in [1.29, 1.82) is 0 Å². The fourth-order valence-corrected chi connectivity index (χ4v) is 1.47. The molecule has 2 aromatic heterocycles. The number of nitrogen functional groups attached to an aromatic ring is 1. The zero-order valence-electron chi connectivity index (χ0n) is 8.91. The molecule has 0 aromatic carbocycles. The first-order valence-electron chi connectivity index (χ1n) is 4.94. The Balaban J connectivity index is 2.29. The van der Waals surface area contributed by atoms with E-state index < -0.39 is 0 Å². The van der Waals surface area contributed by atoms with E-state index in [-0.39, 0.29) is 11.5 Å². The van der Waals surface area contributed by atoms with E-state index in [1.54, 1.807) is 7.11 Å². The number of fused-ring (bicyclic) bond motifs is 1. The summed E-state index contributed by atoms with van der Waals surface area (Å²) in [4.78, 5) is 24.9. The van der Waals surface area contributed by atoms with Gasteiger partial charge >= 0.3 is 0 Å². The fourth-order valence-electron chi connectivity index (χ4n) is 1.47. The molecule has 0 aliphatic carbocycles. The van der Waals surface area contributed by atoms with Gasteiger partial charge in [-0.3, -0.25) is 9.78 Å². The quantitative estimate of drug-likeness (QED) is 0.622. The number of ether oxygens (including phenoxy) is 1. The zero-order valence-corrected chi connectivity index (χ0v) is 8.91. The Morgan fingerprint density at radius 1 is 1.38 bits per heavy atom. The third-order valence-electron chi connectivity index (χ3n) is 2.19. The van der Waals surface area contributed by atoms with Crippen LogP contribution >= 0.6 is 0 Å². The molecule has 86 valence electrons. The first-order chi connectivity index (χ1) is 7.70. The number of anilines is 1. The number of imidazole rings is 1. The van der Waals surface area contributed by atoms with E-state index in [1.165, 1.54) is 0 Å². The van der Waals surface area contributed by atoms with Crippen molar-refractivity contribution >= 4 is 17.1 Å². The van der Waals surface area contributed by atoms with Crippen LogP contribution in [0.2, 0.25) is 0 Å². The fraction of sp³-hybridized carbons (Fsp3) is 0.444. The highest BCUT2D eigenvalue weighted by Crippen LogP contribution is 2.06. The summed E-state index contributed by atoms with van der Waals surface area (Å²) in [5.41, 5.74) is 5.83. The van der Waals surface area contributed by atoms with Crippen molar-refractivity contribution in [3.05, 3.63) is 16.2 Å². The van der Waals surface area contributed by atoms with Crippen LogP contribution in [0.4, 0.5) is 5.95 Å². The van der Waals surface area contributed by atoms with Crippen LogP contribution in [0.15, 0.2) is 4.79 Å². The first-order valence-corrected chi connectivity index (χ1v) is 4.94. The second-order valence-corrected chi connectivity index (χ2v) is 3.43. The molecule has 4 N–H and O–H groups in total. The van der Waals surface area contributed by atoms with Crippen LogP contribution in [0.3, 0.4) is 0 Å². The van der Waals surface area contributed by atoms with Crippen molar-refractivity contribution in [2.75, 3.05) is 19.5 Å². The van der Waals surface area contributed by atoms with Crippen molar-refractivity contribution < 1.29 is 4.74 Å². The highest BCUT2D eigenvalue weighted by molar-refractivity contribution is 5.70. The molecule has 2 rings (SSSR count). The molecule has 16 heavy (non-hydrogen) atoms. The van der Waals surface area contributed by atoms with Gasteiger partial charge in [0.25, 0.3) is 5.56 Å². The molecular formula is C9H13N5O2. The van der Waals surface area contributed by atoms with E-state index >= 15 is 0 Å². The SMILES string of the molecule is COCCCc1nc2nc(N)[nH]c(=O)c2[nH]1. The Morgan fingerprint density at radius 2 is 2.19 bits per heavy atom. The number of hydrogen-bond acceptors (Lipinski definition) is 5. The summed E-state index contributed by atoms with van der Waals surface area (Å²) >= 11 is 0.